The predicted octanol–water partition coefficient (Wildman–Crippen LogP) is 4.49. The van der Waals surface area contributed by atoms with Gasteiger partial charge in [-0.2, -0.15) is 13.2 Å². The van der Waals surface area contributed by atoms with E-state index in [-0.39, 0.29) is 24.6 Å². The number of carbonyl (C=O) groups is 2. The lowest BCUT2D eigenvalue weighted by Gasteiger charge is -2.24. The largest absolute Gasteiger partial charge is 0.416 e. The van der Waals surface area contributed by atoms with E-state index in [0.29, 0.717) is 17.0 Å². The van der Waals surface area contributed by atoms with Gasteiger partial charge in [0.05, 0.1) is 5.56 Å². The van der Waals surface area contributed by atoms with E-state index >= 15 is 0 Å². The van der Waals surface area contributed by atoms with Crippen LogP contribution in [0.25, 0.3) is 0 Å². The third kappa shape index (κ3) is 4.42. The lowest BCUT2D eigenvalue weighted by Crippen LogP contribution is -2.41. The zero-order chi connectivity index (χ0) is 19.6. The molecule has 142 valence electrons. The van der Waals surface area contributed by atoms with Gasteiger partial charge in [0.1, 0.15) is 6.04 Å². The van der Waals surface area contributed by atoms with Gasteiger partial charge in [0.15, 0.2) is 0 Å². The molecule has 2 aromatic rings. The maximum absolute atomic E-state index is 12.8. The van der Waals surface area contributed by atoms with Crippen molar-refractivity contribution in [3.63, 3.8) is 0 Å². The molecule has 1 fully saturated rings. The minimum Gasteiger partial charge on any atom is -0.326 e. The van der Waals surface area contributed by atoms with Gasteiger partial charge in [-0.1, -0.05) is 35.9 Å². The smallest absolute Gasteiger partial charge is 0.326 e. The summed E-state index contributed by atoms with van der Waals surface area (Å²) in [6, 6.07) is 10.6. The summed E-state index contributed by atoms with van der Waals surface area (Å²) in [6.45, 7) is 0.166. The molecule has 0 bridgehead atoms. The van der Waals surface area contributed by atoms with E-state index in [4.69, 9.17) is 11.6 Å². The summed E-state index contributed by atoms with van der Waals surface area (Å²) in [6.07, 6.45) is -4.00. The van der Waals surface area contributed by atoms with Crippen molar-refractivity contribution in [1.29, 1.82) is 0 Å². The molecule has 1 N–H and O–H groups in total. The van der Waals surface area contributed by atoms with Gasteiger partial charge in [0.2, 0.25) is 11.8 Å². The molecule has 1 heterocycles. The number of hydrogen-bond donors (Lipinski definition) is 1. The first-order chi connectivity index (χ1) is 12.8. The molecular weight excluding hydrogens is 381 g/mol. The number of nitrogens with one attached hydrogen (secondary N) is 1. The molecule has 0 saturated carbocycles. The van der Waals surface area contributed by atoms with E-state index in [9.17, 15) is 22.8 Å². The van der Waals surface area contributed by atoms with Gasteiger partial charge in [-0.15, -0.1) is 0 Å². The molecule has 0 unspecified atom stereocenters. The Bertz CT molecular complexity index is 870. The number of nitrogens with zero attached hydrogens (tertiary/aromatic N) is 1. The summed E-state index contributed by atoms with van der Waals surface area (Å²) >= 11 is 6.12. The Morgan fingerprint density at radius 2 is 1.93 bits per heavy atom. The highest BCUT2D eigenvalue weighted by Gasteiger charge is 2.36. The predicted molar refractivity (Wildman–Crippen MR) is 95.1 cm³/mol. The molecule has 1 atom stereocenters. The number of alkyl halides is 3. The molecule has 27 heavy (non-hydrogen) atoms. The monoisotopic (exact) mass is 396 g/mol. The molecule has 1 aliphatic rings. The Morgan fingerprint density at radius 3 is 2.63 bits per heavy atom. The van der Waals surface area contributed by atoms with Crippen molar-refractivity contribution in [3.05, 3.63) is 64.7 Å². The minimum atomic E-state index is -4.50. The van der Waals surface area contributed by atoms with E-state index in [1.165, 1.54) is 17.0 Å². The van der Waals surface area contributed by atoms with Crippen LogP contribution >= 0.6 is 11.6 Å². The van der Waals surface area contributed by atoms with Crippen LogP contribution < -0.4 is 5.32 Å². The van der Waals surface area contributed by atoms with Crippen LogP contribution in [-0.4, -0.2) is 22.8 Å². The molecule has 1 aliphatic heterocycles. The lowest BCUT2D eigenvalue weighted by molar-refractivity contribution is -0.137. The fraction of sp³-hybridized carbons (Fsp3) is 0.263. The molecule has 2 aromatic carbocycles. The Hall–Kier alpha value is -2.54. The number of rotatable bonds is 4. The van der Waals surface area contributed by atoms with Gasteiger partial charge in [-0.05, 0) is 36.2 Å². The molecule has 0 aromatic heterocycles. The third-order valence-corrected chi connectivity index (χ3v) is 4.76. The molecule has 8 heteroatoms. The number of carbonyl (C=O) groups excluding carboxylic acids is 2. The first-order valence-corrected chi connectivity index (χ1v) is 8.64. The Kier molecular flexibility index (Phi) is 5.41. The average Bonchev–Trinajstić information content (AvgIpc) is 2.97. The number of amides is 2. The van der Waals surface area contributed by atoms with Crippen LogP contribution in [0, 0.1) is 0 Å². The summed E-state index contributed by atoms with van der Waals surface area (Å²) in [5, 5.41) is 2.96. The van der Waals surface area contributed by atoms with E-state index in [1.54, 1.807) is 24.3 Å². The van der Waals surface area contributed by atoms with Gasteiger partial charge in [-0.3, -0.25) is 9.59 Å². The summed E-state index contributed by atoms with van der Waals surface area (Å²) in [5.74, 6) is -0.716. The minimum absolute atomic E-state index is 0.0341. The van der Waals surface area contributed by atoms with Crippen molar-refractivity contribution in [3.8, 4) is 0 Å². The number of halogens is 4. The maximum atomic E-state index is 12.8. The van der Waals surface area contributed by atoms with E-state index < -0.39 is 23.7 Å². The molecule has 0 radical (unpaired) electrons. The second-order valence-corrected chi connectivity index (χ2v) is 6.64. The van der Waals surface area contributed by atoms with Gasteiger partial charge < -0.3 is 10.2 Å². The van der Waals surface area contributed by atoms with Gasteiger partial charge in [0, 0.05) is 23.7 Å². The normalized spacial score (nSPS) is 17.3. The fourth-order valence-corrected chi connectivity index (χ4v) is 3.21. The number of benzene rings is 2. The summed E-state index contributed by atoms with van der Waals surface area (Å²) in [7, 11) is 0. The second kappa shape index (κ2) is 7.60. The molecule has 0 aliphatic carbocycles. The molecule has 3 rings (SSSR count). The first-order valence-electron chi connectivity index (χ1n) is 8.26. The standard InChI is InChI=1S/C19H16ClF3N2O2/c20-15-7-2-1-4-12(15)11-25-16(8-9-17(25)26)18(27)24-14-6-3-5-13(10-14)19(21,22)23/h1-7,10,16H,8-9,11H2,(H,24,27)/t16-/m1/s1. The Labute approximate surface area is 158 Å². The Morgan fingerprint density at radius 1 is 1.19 bits per heavy atom. The van der Waals surface area contributed by atoms with E-state index in [2.05, 4.69) is 5.32 Å². The molecular formula is C19H16ClF3N2O2. The highest BCUT2D eigenvalue weighted by atomic mass is 35.5. The molecule has 4 nitrogen and oxygen atoms in total. The van der Waals surface area contributed by atoms with Crippen molar-refractivity contribution in [2.75, 3.05) is 5.32 Å². The molecule has 2 amide bonds. The SMILES string of the molecule is O=C(Nc1cccc(C(F)(F)F)c1)[C@H]1CCC(=O)N1Cc1ccccc1Cl. The quantitative estimate of drug-likeness (QED) is 0.827. The summed E-state index contributed by atoms with van der Waals surface area (Å²) < 4.78 is 38.5. The maximum Gasteiger partial charge on any atom is 0.416 e. The number of anilines is 1. The van der Waals surface area contributed by atoms with Crippen molar-refractivity contribution < 1.29 is 22.8 Å². The second-order valence-electron chi connectivity index (χ2n) is 6.24. The first kappa shape index (κ1) is 19.2. The van der Waals surface area contributed by atoms with Gasteiger partial charge in [0.25, 0.3) is 0 Å². The molecule has 0 spiro atoms. The zero-order valence-electron chi connectivity index (χ0n) is 14.1. The zero-order valence-corrected chi connectivity index (χ0v) is 14.8. The van der Waals surface area contributed by atoms with E-state index in [0.717, 1.165) is 12.1 Å². The summed E-state index contributed by atoms with van der Waals surface area (Å²) in [5.41, 5.74) is -0.117. The summed E-state index contributed by atoms with van der Waals surface area (Å²) in [4.78, 5) is 26.2. The van der Waals surface area contributed by atoms with Crippen LogP contribution in [0.15, 0.2) is 48.5 Å². The molecule has 1 saturated heterocycles. The highest BCUT2D eigenvalue weighted by Crippen LogP contribution is 2.31. The van der Waals surface area contributed by atoms with Crippen LogP contribution in [0.5, 0.6) is 0 Å². The van der Waals surface area contributed by atoms with Crippen LogP contribution in [0.1, 0.15) is 24.0 Å². The van der Waals surface area contributed by atoms with Crippen molar-refractivity contribution in [2.24, 2.45) is 0 Å². The topological polar surface area (TPSA) is 49.4 Å². The van der Waals surface area contributed by atoms with Crippen molar-refractivity contribution in [1.82, 2.24) is 4.90 Å². The number of likely N-dealkylation sites (tertiary alicyclic amines) is 1. The van der Waals surface area contributed by atoms with Gasteiger partial charge in [-0.25, -0.2) is 0 Å². The Balaban J connectivity index is 1.75. The average molecular weight is 397 g/mol. The number of hydrogen-bond acceptors (Lipinski definition) is 2. The van der Waals surface area contributed by atoms with Crippen LogP contribution in [0.4, 0.5) is 18.9 Å². The van der Waals surface area contributed by atoms with Crippen molar-refractivity contribution >= 4 is 29.1 Å². The van der Waals surface area contributed by atoms with Gasteiger partial charge >= 0.3 is 6.18 Å². The van der Waals surface area contributed by atoms with Crippen LogP contribution in [-0.2, 0) is 22.3 Å². The highest BCUT2D eigenvalue weighted by molar-refractivity contribution is 6.31. The van der Waals surface area contributed by atoms with Crippen molar-refractivity contribution in [2.45, 2.75) is 31.6 Å². The van der Waals surface area contributed by atoms with Crippen LogP contribution in [0.2, 0.25) is 5.02 Å². The van der Waals surface area contributed by atoms with E-state index in [1.807, 2.05) is 0 Å². The lowest BCUT2D eigenvalue weighted by atomic mass is 10.1. The fourth-order valence-electron chi connectivity index (χ4n) is 3.01. The third-order valence-electron chi connectivity index (χ3n) is 4.39. The van der Waals surface area contributed by atoms with Crippen LogP contribution in [0.3, 0.4) is 0 Å².